The summed E-state index contributed by atoms with van der Waals surface area (Å²) >= 11 is 3.44. The molecule has 0 unspecified atom stereocenters. The molecule has 0 aliphatic heterocycles. The summed E-state index contributed by atoms with van der Waals surface area (Å²) in [4.78, 5) is 25.6. The van der Waals surface area contributed by atoms with E-state index in [-0.39, 0.29) is 11.9 Å². The Kier molecular flexibility index (Phi) is 13.4. The normalized spacial score (nSPS) is 11.5. The van der Waals surface area contributed by atoms with Crippen molar-refractivity contribution >= 4 is 44.3 Å². The fraction of sp³-hybridized carbons (Fsp3) is 0.263. The maximum absolute atomic E-state index is 12.8. The van der Waals surface area contributed by atoms with Crippen LogP contribution in [0.4, 0.5) is 0 Å². The molecule has 4 rings (SSSR count). The standard InChI is InChI=1S/C36H37BrN2O3.C2H6/c1-5-8-20-42-36(41)33(9-6-2)32(7-3)28-14-10-27(11-15-28)24-39-25(4)21-30-22-29(16-19-34(30)39)35(40)38-23-26-12-17-31(37)18-13-26;1-2/h6-7,9-19,21-22H,2,5,8,20,23-24H2,1,3-4H3,(H,38,40);1-2H3/b32-7-,33-9+;. The van der Waals surface area contributed by atoms with Crippen LogP contribution in [0.5, 0.6) is 0 Å². The molecule has 0 atom stereocenters. The molecule has 1 aromatic heterocycles. The lowest BCUT2D eigenvalue weighted by Gasteiger charge is -2.14. The molecule has 1 amide bonds. The Labute approximate surface area is 270 Å². The molecule has 0 saturated carbocycles. The number of aromatic nitrogens is 1. The molecule has 0 aliphatic rings. The van der Waals surface area contributed by atoms with Gasteiger partial charge < -0.3 is 14.6 Å². The molecule has 0 radical (unpaired) electrons. The van der Waals surface area contributed by atoms with Gasteiger partial charge in [0, 0.05) is 39.7 Å². The fourth-order valence-corrected chi connectivity index (χ4v) is 5.13. The van der Waals surface area contributed by atoms with Gasteiger partial charge in [-0.25, -0.2) is 4.79 Å². The van der Waals surface area contributed by atoms with E-state index in [1.54, 1.807) is 12.2 Å². The van der Waals surface area contributed by atoms with Crippen LogP contribution in [0.3, 0.4) is 0 Å². The molecule has 4 aromatic rings. The number of nitrogens with zero attached hydrogens (tertiary/aromatic N) is 1. The van der Waals surface area contributed by atoms with Crippen molar-refractivity contribution in [3.63, 3.8) is 0 Å². The van der Waals surface area contributed by atoms with Crippen molar-refractivity contribution < 1.29 is 14.3 Å². The Morgan fingerprint density at radius 2 is 1.61 bits per heavy atom. The number of hydrogen-bond donors (Lipinski definition) is 1. The first-order valence-corrected chi connectivity index (χ1v) is 16.0. The number of allylic oxidation sites excluding steroid dienone is 3. The van der Waals surface area contributed by atoms with Crippen LogP contribution in [-0.2, 0) is 22.6 Å². The molecule has 1 N–H and O–H groups in total. The Morgan fingerprint density at radius 3 is 2.25 bits per heavy atom. The SMILES string of the molecule is C=C/C=C(C(=O)OCCCC)\C(=C/C)c1ccc(Cn2c(C)cc3cc(C(=O)NCc4ccc(Br)cc4)ccc32)cc1.CC. The first kappa shape index (κ1) is 34.3. The molecular weight excluding hydrogens is 612 g/mol. The highest BCUT2D eigenvalue weighted by Crippen LogP contribution is 2.27. The fourth-order valence-electron chi connectivity index (χ4n) is 4.87. The summed E-state index contributed by atoms with van der Waals surface area (Å²) < 4.78 is 8.74. The van der Waals surface area contributed by atoms with Crippen molar-refractivity contribution in [1.82, 2.24) is 9.88 Å². The predicted molar refractivity (Wildman–Crippen MR) is 187 cm³/mol. The molecule has 0 aliphatic carbocycles. The van der Waals surface area contributed by atoms with Crippen LogP contribution in [-0.4, -0.2) is 23.1 Å². The van der Waals surface area contributed by atoms with Crippen molar-refractivity contribution in [3.05, 3.63) is 136 Å². The minimum absolute atomic E-state index is 0.0975. The number of hydrogen-bond acceptors (Lipinski definition) is 3. The number of fused-ring (bicyclic) bond motifs is 1. The number of halogens is 1. The van der Waals surface area contributed by atoms with Gasteiger partial charge in [-0.2, -0.15) is 0 Å². The van der Waals surface area contributed by atoms with Gasteiger partial charge >= 0.3 is 5.97 Å². The number of unbranched alkanes of at least 4 members (excludes halogenated alkanes) is 1. The second-order valence-electron chi connectivity index (χ2n) is 10.2. The smallest absolute Gasteiger partial charge is 0.338 e. The monoisotopic (exact) mass is 654 g/mol. The molecule has 0 spiro atoms. The first-order valence-electron chi connectivity index (χ1n) is 15.2. The van der Waals surface area contributed by atoms with E-state index in [0.717, 1.165) is 56.2 Å². The van der Waals surface area contributed by atoms with Crippen molar-refractivity contribution in [3.8, 4) is 0 Å². The van der Waals surface area contributed by atoms with Gasteiger partial charge in [0.05, 0.1) is 12.2 Å². The number of nitrogens with one attached hydrogen (secondary N) is 1. The van der Waals surface area contributed by atoms with Gasteiger partial charge in [0.25, 0.3) is 5.91 Å². The van der Waals surface area contributed by atoms with Gasteiger partial charge in [-0.05, 0) is 85.0 Å². The van der Waals surface area contributed by atoms with E-state index in [4.69, 9.17) is 4.74 Å². The van der Waals surface area contributed by atoms with Crippen LogP contribution in [0.15, 0.2) is 108 Å². The van der Waals surface area contributed by atoms with E-state index in [1.165, 1.54) is 0 Å². The second kappa shape index (κ2) is 17.2. The molecular formula is C38H43BrN2O3. The van der Waals surface area contributed by atoms with Crippen molar-refractivity contribution in [1.29, 1.82) is 0 Å². The average Bonchev–Trinajstić information content (AvgIpc) is 3.35. The van der Waals surface area contributed by atoms with Crippen molar-refractivity contribution in [2.45, 2.75) is 60.5 Å². The van der Waals surface area contributed by atoms with E-state index in [0.29, 0.717) is 30.8 Å². The zero-order chi connectivity index (χ0) is 32.1. The molecule has 6 heteroatoms. The van der Waals surface area contributed by atoms with E-state index >= 15 is 0 Å². The number of benzene rings is 3. The number of carbonyl (C=O) groups is 2. The van der Waals surface area contributed by atoms with Crippen LogP contribution >= 0.6 is 15.9 Å². The summed E-state index contributed by atoms with van der Waals surface area (Å²) in [6.45, 7) is 15.4. The highest BCUT2D eigenvalue weighted by Gasteiger charge is 2.17. The van der Waals surface area contributed by atoms with Crippen LogP contribution in [0, 0.1) is 6.92 Å². The van der Waals surface area contributed by atoms with Crippen LogP contribution in [0.1, 0.15) is 73.3 Å². The number of carbonyl (C=O) groups excluding carboxylic acids is 2. The third-order valence-electron chi connectivity index (χ3n) is 7.16. The lowest BCUT2D eigenvalue weighted by molar-refractivity contribution is -0.138. The van der Waals surface area contributed by atoms with Gasteiger partial charge in [0.1, 0.15) is 0 Å². The quantitative estimate of drug-likeness (QED) is 0.0716. The van der Waals surface area contributed by atoms with E-state index in [1.807, 2.05) is 81.4 Å². The minimum atomic E-state index is -0.337. The lowest BCUT2D eigenvalue weighted by atomic mass is 9.96. The maximum Gasteiger partial charge on any atom is 0.338 e. The molecule has 0 saturated heterocycles. The first-order chi connectivity index (χ1) is 21.3. The number of rotatable bonds is 12. The molecule has 44 heavy (non-hydrogen) atoms. The van der Waals surface area contributed by atoms with Gasteiger partial charge in [-0.3, -0.25) is 4.79 Å². The van der Waals surface area contributed by atoms with E-state index in [9.17, 15) is 9.59 Å². The Bertz CT molecular complexity index is 1630. The zero-order valence-electron chi connectivity index (χ0n) is 26.5. The molecule has 230 valence electrons. The number of esters is 1. The van der Waals surface area contributed by atoms with Crippen molar-refractivity contribution in [2.75, 3.05) is 6.61 Å². The Morgan fingerprint density at radius 1 is 0.955 bits per heavy atom. The van der Waals surface area contributed by atoms with Gasteiger partial charge in [0.15, 0.2) is 0 Å². The van der Waals surface area contributed by atoms with Crippen molar-refractivity contribution in [2.24, 2.45) is 0 Å². The second-order valence-corrected chi connectivity index (χ2v) is 11.1. The largest absolute Gasteiger partial charge is 0.462 e. The third kappa shape index (κ3) is 8.93. The molecule has 5 nitrogen and oxygen atoms in total. The Hall–Kier alpha value is -4.16. The summed E-state index contributed by atoms with van der Waals surface area (Å²) in [6, 6.07) is 24.1. The van der Waals surface area contributed by atoms with Crippen LogP contribution in [0.25, 0.3) is 16.5 Å². The summed E-state index contributed by atoms with van der Waals surface area (Å²) in [5.74, 6) is -0.434. The highest BCUT2D eigenvalue weighted by atomic mass is 79.9. The van der Waals surface area contributed by atoms with Gasteiger partial charge in [-0.15, -0.1) is 0 Å². The number of amides is 1. The maximum atomic E-state index is 12.8. The molecule has 1 heterocycles. The number of aryl methyl sites for hydroxylation is 1. The number of ether oxygens (including phenoxy) is 1. The van der Waals surface area contributed by atoms with Gasteiger partial charge in [0.2, 0.25) is 0 Å². The highest BCUT2D eigenvalue weighted by molar-refractivity contribution is 9.10. The zero-order valence-corrected chi connectivity index (χ0v) is 28.0. The summed E-state index contributed by atoms with van der Waals surface area (Å²) in [6.07, 6.45) is 7.06. The summed E-state index contributed by atoms with van der Waals surface area (Å²) in [5.41, 5.74) is 7.25. The van der Waals surface area contributed by atoms with Crippen LogP contribution in [0.2, 0.25) is 0 Å². The summed E-state index contributed by atoms with van der Waals surface area (Å²) in [5, 5.41) is 4.04. The minimum Gasteiger partial charge on any atom is -0.462 e. The molecule has 3 aromatic carbocycles. The van der Waals surface area contributed by atoms with E-state index in [2.05, 4.69) is 64.4 Å². The van der Waals surface area contributed by atoms with E-state index < -0.39 is 0 Å². The third-order valence-corrected chi connectivity index (χ3v) is 7.69. The Balaban J connectivity index is 0.00000259. The topological polar surface area (TPSA) is 60.3 Å². The molecule has 0 fully saturated rings. The summed E-state index contributed by atoms with van der Waals surface area (Å²) in [7, 11) is 0. The predicted octanol–water partition coefficient (Wildman–Crippen LogP) is 9.58. The lowest BCUT2D eigenvalue weighted by Crippen LogP contribution is -2.22. The molecule has 0 bridgehead atoms. The van der Waals surface area contributed by atoms with Crippen LogP contribution < -0.4 is 5.32 Å². The average molecular weight is 656 g/mol. The van der Waals surface area contributed by atoms with Gasteiger partial charge in [-0.1, -0.05) is 98.3 Å².